The van der Waals surface area contributed by atoms with Crippen LogP contribution >= 0.6 is 11.3 Å². The smallest absolute Gasteiger partial charge is 0.286 e. The zero-order chi connectivity index (χ0) is 23.9. The fourth-order valence-corrected chi connectivity index (χ4v) is 6.83. The molecule has 1 N–H and O–H groups in total. The fourth-order valence-electron chi connectivity index (χ4n) is 4.14. The lowest BCUT2D eigenvalue weighted by molar-refractivity contribution is 0.102. The monoisotopic (exact) mass is 500 g/mol. The third kappa shape index (κ3) is 4.38. The van der Waals surface area contributed by atoms with Crippen LogP contribution in [0.25, 0.3) is 0 Å². The molecule has 2 aliphatic rings. The van der Waals surface area contributed by atoms with E-state index in [-0.39, 0.29) is 23.6 Å². The van der Waals surface area contributed by atoms with Crippen molar-refractivity contribution >= 4 is 33.0 Å². The first-order valence-electron chi connectivity index (χ1n) is 10.9. The van der Waals surface area contributed by atoms with Gasteiger partial charge in [0.2, 0.25) is 21.8 Å². The van der Waals surface area contributed by atoms with E-state index in [9.17, 15) is 13.2 Å². The van der Waals surface area contributed by atoms with Gasteiger partial charge in [-0.3, -0.25) is 4.79 Å². The van der Waals surface area contributed by atoms with Crippen LogP contribution in [0.4, 0.5) is 5.69 Å². The minimum absolute atomic E-state index is 0.113. The number of hydrogen-bond acceptors (Lipinski definition) is 8. The highest BCUT2D eigenvalue weighted by atomic mass is 32.2. The second kappa shape index (κ2) is 8.97. The van der Waals surface area contributed by atoms with Crippen molar-refractivity contribution in [3.05, 3.63) is 57.5 Å². The standard InChI is InChI=1S/C23H24N4O5S2/c1-14-5-6-15(2)20(10-14)34(29,30)27-9-3-4-16(12-27)22-25-26-23(33-22)21(28)24-17-7-8-18-19(11-17)32-13-31-18/h5-8,10-11,16H,3-4,9,12-13H2,1-2H3,(H,24,28)/t16-/m0/s1. The second-order valence-electron chi connectivity index (χ2n) is 8.44. The molecule has 0 bridgehead atoms. The van der Waals surface area contributed by atoms with E-state index in [1.54, 1.807) is 24.3 Å². The summed E-state index contributed by atoms with van der Waals surface area (Å²) in [7, 11) is -3.62. The Morgan fingerprint density at radius 3 is 2.79 bits per heavy atom. The van der Waals surface area contributed by atoms with Crippen LogP contribution < -0.4 is 14.8 Å². The molecule has 2 aliphatic heterocycles. The number of piperidine rings is 1. The minimum Gasteiger partial charge on any atom is -0.454 e. The van der Waals surface area contributed by atoms with Crippen LogP contribution in [0.1, 0.15) is 44.7 Å². The van der Waals surface area contributed by atoms with Crippen LogP contribution in [-0.4, -0.2) is 48.7 Å². The first-order valence-corrected chi connectivity index (χ1v) is 13.2. The van der Waals surface area contributed by atoms with Gasteiger partial charge < -0.3 is 14.8 Å². The second-order valence-corrected chi connectivity index (χ2v) is 11.4. The van der Waals surface area contributed by atoms with Crippen molar-refractivity contribution in [2.75, 3.05) is 25.2 Å². The van der Waals surface area contributed by atoms with E-state index in [0.717, 1.165) is 17.5 Å². The third-order valence-corrected chi connectivity index (χ3v) is 9.05. The maximum atomic E-state index is 13.3. The number of benzene rings is 2. The Morgan fingerprint density at radius 1 is 1.12 bits per heavy atom. The van der Waals surface area contributed by atoms with Gasteiger partial charge in [0.05, 0.1) is 4.90 Å². The largest absolute Gasteiger partial charge is 0.454 e. The highest BCUT2D eigenvalue weighted by Gasteiger charge is 2.33. The number of nitrogens with zero attached hydrogens (tertiary/aromatic N) is 3. The van der Waals surface area contributed by atoms with Gasteiger partial charge in [-0.15, -0.1) is 10.2 Å². The van der Waals surface area contributed by atoms with Crippen molar-refractivity contribution in [2.24, 2.45) is 0 Å². The zero-order valence-electron chi connectivity index (χ0n) is 18.8. The number of carbonyl (C=O) groups is 1. The van der Waals surface area contributed by atoms with Gasteiger partial charge >= 0.3 is 0 Å². The Balaban J connectivity index is 1.30. The maximum Gasteiger partial charge on any atom is 0.286 e. The molecular weight excluding hydrogens is 476 g/mol. The molecule has 0 radical (unpaired) electrons. The molecule has 1 fully saturated rings. The van der Waals surface area contributed by atoms with E-state index in [0.29, 0.717) is 46.6 Å². The molecule has 0 aliphatic carbocycles. The van der Waals surface area contributed by atoms with Crippen molar-refractivity contribution in [1.29, 1.82) is 0 Å². The Labute approximate surface area is 201 Å². The number of sulfonamides is 1. The van der Waals surface area contributed by atoms with E-state index in [4.69, 9.17) is 9.47 Å². The summed E-state index contributed by atoms with van der Waals surface area (Å²) in [6.07, 6.45) is 1.50. The lowest BCUT2D eigenvalue weighted by Gasteiger charge is -2.31. The van der Waals surface area contributed by atoms with Gasteiger partial charge in [-0.05, 0) is 56.0 Å². The molecule has 2 aromatic carbocycles. The van der Waals surface area contributed by atoms with Crippen molar-refractivity contribution in [2.45, 2.75) is 37.5 Å². The summed E-state index contributed by atoms with van der Waals surface area (Å²) >= 11 is 1.19. The van der Waals surface area contributed by atoms with Crippen LogP contribution in [0.3, 0.4) is 0 Å². The van der Waals surface area contributed by atoms with E-state index in [1.165, 1.54) is 15.6 Å². The first-order chi connectivity index (χ1) is 16.3. The summed E-state index contributed by atoms with van der Waals surface area (Å²) in [6, 6.07) is 10.6. The molecule has 0 saturated carbocycles. The SMILES string of the molecule is Cc1ccc(C)c(S(=O)(=O)N2CCC[C@H](c3nnc(C(=O)Nc4ccc5c(c4)OCO5)s3)C2)c1. The molecule has 1 saturated heterocycles. The molecule has 34 heavy (non-hydrogen) atoms. The minimum atomic E-state index is -3.62. The third-order valence-electron chi connectivity index (χ3n) is 5.96. The van der Waals surface area contributed by atoms with E-state index >= 15 is 0 Å². The molecular formula is C23H24N4O5S2. The molecule has 9 nitrogen and oxygen atoms in total. The van der Waals surface area contributed by atoms with Crippen LogP contribution in [0, 0.1) is 13.8 Å². The number of anilines is 1. The molecule has 178 valence electrons. The van der Waals surface area contributed by atoms with Crippen LogP contribution in [0.15, 0.2) is 41.3 Å². The number of carbonyl (C=O) groups excluding carboxylic acids is 1. The number of aromatic nitrogens is 2. The quantitative estimate of drug-likeness (QED) is 0.569. The number of rotatable bonds is 5. The average molecular weight is 501 g/mol. The molecule has 3 aromatic rings. The summed E-state index contributed by atoms with van der Waals surface area (Å²) in [6.45, 7) is 4.62. The van der Waals surface area contributed by atoms with Crippen LogP contribution in [0.5, 0.6) is 11.5 Å². The van der Waals surface area contributed by atoms with Crippen molar-refractivity contribution < 1.29 is 22.7 Å². The van der Waals surface area contributed by atoms with Gasteiger partial charge in [0.15, 0.2) is 11.5 Å². The predicted octanol–water partition coefficient (Wildman–Crippen LogP) is 3.70. The molecule has 1 amide bonds. The van der Waals surface area contributed by atoms with Crippen molar-refractivity contribution in [3.63, 3.8) is 0 Å². The summed E-state index contributed by atoms with van der Waals surface area (Å²) < 4.78 is 38.8. The van der Waals surface area contributed by atoms with Crippen molar-refractivity contribution in [3.8, 4) is 11.5 Å². The van der Waals surface area contributed by atoms with Crippen molar-refractivity contribution in [1.82, 2.24) is 14.5 Å². The number of aryl methyl sites for hydroxylation is 2. The molecule has 1 aromatic heterocycles. The number of hydrogen-bond donors (Lipinski definition) is 1. The summed E-state index contributed by atoms with van der Waals surface area (Å²) in [5, 5.41) is 12.0. The topological polar surface area (TPSA) is 111 Å². The molecule has 3 heterocycles. The Bertz CT molecular complexity index is 1360. The van der Waals surface area contributed by atoms with E-state index in [2.05, 4.69) is 15.5 Å². The normalized spacial score (nSPS) is 18.1. The molecule has 11 heteroatoms. The molecule has 1 atom stereocenters. The lowest BCUT2D eigenvalue weighted by atomic mass is 10.0. The molecule has 0 spiro atoms. The van der Waals surface area contributed by atoms with E-state index < -0.39 is 10.0 Å². The fraction of sp³-hybridized carbons (Fsp3) is 0.348. The summed E-state index contributed by atoms with van der Waals surface area (Å²) in [4.78, 5) is 13.0. The average Bonchev–Trinajstić information content (AvgIpc) is 3.50. The van der Waals surface area contributed by atoms with E-state index in [1.807, 2.05) is 26.0 Å². The number of nitrogens with one attached hydrogen (secondary N) is 1. The number of amides is 1. The number of ether oxygens (including phenoxy) is 2. The van der Waals surface area contributed by atoms with Gasteiger partial charge in [0.1, 0.15) is 5.01 Å². The lowest BCUT2D eigenvalue weighted by Crippen LogP contribution is -2.39. The van der Waals surface area contributed by atoms with Crippen LogP contribution in [-0.2, 0) is 10.0 Å². The first kappa shape index (κ1) is 22.8. The van der Waals surface area contributed by atoms with Gasteiger partial charge in [-0.25, -0.2) is 8.42 Å². The van der Waals surface area contributed by atoms with Gasteiger partial charge in [0.25, 0.3) is 5.91 Å². The Hall–Kier alpha value is -3.02. The maximum absolute atomic E-state index is 13.3. The summed E-state index contributed by atoms with van der Waals surface area (Å²) in [5.74, 6) is 0.716. The Kier molecular flexibility index (Phi) is 6.00. The number of fused-ring (bicyclic) bond motifs is 1. The zero-order valence-corrected chi connectivity index (χ0v) is 20.4. The Morgan fingerprint density at radius 2 is 1.94 bits per heavy atom. The van der Waals surface area contributed by atoms with Gasteiger partial charge in [0, 0.05) is 30.8 Å². The highest BCUT2D eigenvalue weighted by molar-refractivity contribution is 7.89. The van der Waals surface area contributed by atoms with Crippen LogP contribution in [0.2, 0.25) is 0 Å². The van der Waals surface area contributed by atoms with Gasteiger partial charge in [-0.2, -0.15) is 4.31 Å². The van der Waals surface area contributed by atoms with Gasteiger partial charge in [-0.1, -0.05) is 23.5 Å². The predicted molar refractivity (Wildman–Crippen MR) is 127 cm³/mol. The summed E-state index contributed by atoms with van der Waals surface area (Å²) in [5.41, 5.74) is 2.19. The molecule has 0 unspecified atom stereocenters. The molecule has 5 rings (SSSR count). The highest BCUT2D eigenvalue weighted by Crippen LogP contribution is 2.35.